The van der Waals surface area contributed by atoms with Gasteiger partial charge in [0.25, 0.3) is 0 Å². The number of benzene rings is 10. The Morgan fingerprint density at radius 3 is 1.66 bits per heavy atom. The Morgan fingerprint density at radius 2 is 0.892 bits per heavy atom. The number of nitrogens with zero attached hydrogens (tertiary/aromatic N) is 5. The zero-order valence-electron chi connectivity index (χ0n) is 34.6. The molecule has 0 fully saturated rings. The van der Waals surface area contributed by atoms with Gasteiger partial charge in [0.1, 0.15) is 16.7 Å². The Hall–Kier alpha value is -8.94. The minimum atomic E-state index is 0.565. The summed E-state index contributed by atoms with van der Waals surface area (Å²) in [6.45, 7) is 0. The highest BCUT2D eigenvalue weighted by atomic mass is 16.4. The number of fused-ring (bicyclic) bond motifs is 12. The molecule has 14 aromatic rings. The Labute approximate surface area is 370 Å². The maximum absolute atomic E-state index is 6.69. The summed E-state index contributed by atoms with van der Waals surface area (Å²) in [4.78, 5) is 20.7. The van der Waals surface area contributed by atoms with E-state index in [1.807, 2.05) is 30.3 Å². The van der Waals surface area contributed by atoms with E-state index in [9.17, 15) is 0 Å². The number of hydrogen-bond donors (Lipinski definition) is 0. The fraction of sp³-hybridized carbons (Fsp3) is 0. The van der Waals surface area contributed by atoms with Crippen LogP contribution in [0.4, 0.5) is 0 Å². The van der Waals surface area contributed by atoms with Crippen molar-refractivity contribution in [2.24, 2.45) is 0 Å². The average molecular weight is 832 g/mol. The fourth-order valence-corrected chi connectivity index (χ4v) is 9.70. The van der Waals surface area contributed by atoms with Crippen molar-refractivity contribution in [2.45, 2.75) is 0 Å². The summed E-state index contributed by atoms with van der Waals surface area (Å²) < 4.78 is 15.6. The van der Waals surface area contributed by atoms with Gasteiger partial charge in [-0.15, -0.1) is 0 Å². The van der Waals surface area contributed by atoms with Crippen molar-refractivity contribution in [1.29, 1.82) is 0 Å². The van der Waals surface area contributed by atoms with E-state index < -0.39 is 0 Å². The second-order valence-corrected chi connectivity index (χ2v) is 16.6. The standard InChI is InChI=1S/C58H33N5O2/c1-2-14-43(15-3-1)63-48-17-9-8-16-44(48)45-26-24-41(33-49(45)63)57-61-55(39-21-18-34-10-4-6-12-37(34)30-39)60-56(62-57)40-22-20-36-25-28-50-52(46(36)32-40)53-51(64-50)29-27-47-54(53)65-58(59-47)42-23-19-35-11-5-7-13-38(35)31-42/h1-33H. The van der Waals surface area contributed by atoms with Gasteiger partial charge in [0.2, 0.25) is 5.89 Å². The molecule has 0 aliphatic heterocycles. The van der Waals surface area contributed by atoms with Crippen molar-refractivity contribution in [3.63, 3.8) is 0 Å². The predicted octanol–water partition coefficient (Wildman–Crippen LogP) is 15.1. The largest absolute Gasteiger partial charge is 0.456 e. The Balaban J connectivity index is 0.977. The number of oxazole rings is 1. The lowest BCUT2D eigenvalue weighted by Crippen LogP contribution is -2.00. The van der Waals surface area contributed by atoms with Crippen molar-refractivity contribution in [3.8, 4) is 51.3 Å². The van der Waals surface area contributed by atoms with Crippen molar-refractivity contribution in [2.75, 3.05) is 0 Å². The zero-order valence-corrected chi connectivity index (χ0v) is 34.6. The summed E-state index contributed by atoms with van der Waals surface area (Å²) in [7, 11) is 0. The van der Waals surface area contributed by atoms with Crippen LogP contribution in [0.1, 0.15) is 0 Å². The van der Waals surface area contributed by atoms with Gasteiger partial charge in [0.05, 0.1) is 16.4 Å². The van der Waals surface area contributed by atoms with E-state index in [4.69, 9.17) is 28.8 Å². The molecule has 0 atom stereocenters. The number of aromatic nitrogens is 5. The average Bonchev–Trinajstić information content (AvgIpc) is 4.08. The van der Waals surface area contributed by atoms with E-state index in [1.165, 1.54) is 10.8 Å². The first-order valence-electron chi connectivity index (χ1n) is 21.7. The van der Waals surface area contributed by atoms with Crippen LogP contribution >= 0.6 is 0 Å². The molecule has 0 saturated heterocycles. The lowest BCUT2D eigenvalue weighted by atomic mass is 10.0. The third kappa shape index (κ3) is 5.62. The summed E-state index contributed by atoms with van der Waals surface area (Å²) in [5, 5.41) is 10.8. The molecule has 0 N–H and O–H groups in total. The second kappa shape index (κ2) is 13.8. The minimum absolute atomic E-state index is 0.565. The van der Waals surface area contributed by atoms with E-state index in [-0.39, 0.29) is 0 Å². The molecule has 4 aromatic heterocycles. The van der Waals surface area contributed by atoms with Crippen molar-refractivity contribution in [1.82, 2.24) is 24.5 Å². The van der Waals surface area contributed by atoms with Crippen LogP contribution in [0.15, 0.2) is 209 Å². The molecular weight excluding hydrogens is 799 g/mol. The molecule has 0 unspecified atom stereocenters. The van der Waals surface area contributed by atoms with Crippen LogP contribution in [0.25, 0.3) is 138 Å². The first kappa shape index (κ1) is 35.6. The van der Waals surface area contributed by atoms with E-state index in [0.717, 1.165) is 98.7 Å². The van der Waals surface area contributed by atoms with Crippen molar-refractivity contribution in [3.05, 3.63) is 200 Å². The molecule has 14 rings (SSSR count). The van der Waals surface area contributed by atoms with Crippen LogP contribution in [0, 0.1) is 0 Å². The summed E-state index contributed by atoms with van der Waals surface area (Å²) in [5.74, 6) is 2.31. The Kier molecular flexibility index (Phi) is 7.55. The van der Waals surface area contributed by atoms with Crippen LogP contribution < -0.4 is 0 Å². The van der Waals surface area contributed by atoms with Crippen molar-refractivity contribution >= 4 is 87.2 Å². The maximum Gasteiger partial charge on any atom is 0.227 e. The molecule has 7 heteroatoms. The third-order valence-corrected chi connectivity index (χ3v) is 12.8. The highest BCUT2D eigenvalue weighted by Crippen LogP contribution is 2.42. The maximum atomic E-state index is 6.69. The quantitative estimate of drug-likeness (QED) is 0.172. The Morgan fingerprint density at radius 1 is 0.338 bits per heavy atom. The van der Waals surface area contributed by atoms with Gasteiger partial charge in [-0.1, -0.05) is 133 Å². The minimum Gasteiger partial charge on any atom is -0.456 e. The molecule has 0 aliphatic rings. The molecule has 7 nitrogen and oxygen atoms in total. The Bertz CT molecular complexity index is 4260. The number of para-hydroxylation sites is 2. The molecule has 0 bridgehead atoms. The van der Waals surface area contributed by atoms with Crippen LogP contribution in [0.5, 0.6) is 0 Å². The topological polar surface area (TPSA) is 82.8 Å². The lowest BCUT2D eigenvalue weighted by molar-refractivity contribution is 0.622. The summed E-state index contributed by atoms with van der Waals surface area (Å²) in [6, 6.07) is 69.4. The van der Waals surface area contributed by atoms with Crippen LogP contribution in [-0.4, -0.2) is 24.5 Å². The first-order valence-corrected chi connectivity index (χ1v) is 21.7. The molecular formula is C58H33N5O2. The van der Waals surface area contributed by atoms with Gasteiger partial charge in [0, 0.05) is 44.1 Å². The van der Waals surface area contributed by atoms with Crippen LogP contribution in [0.3, 0.4) is 0 Å². The van der Waals surface area contributed by atoms with Gasteiger partial charge in [-0.05, 0) is 99.0 Å². The van der Waals surface area contributed by atoms with Gasteiger partial charge in [-0.25, -0.2) is 19.9 Å². The summed E-state index contributed by atoms with van der Waals surface area (Å²) >= 11 is 0. The van der Waals surface area contributed by atoms with Gasteiger partial charge < -0.3 is 13.4 Å². The third-order valence-electron chi connectivity index (χ3n) is 12.8. The van der Waals surface area contributed by atoms with Gasteiger partial charge in [-0.2, -0.15) is 0 Å². The van der Waals surface area contributed by atoms with E-state index in [1.54, 1.807) is 0 Å². The van der Waals surface area contributed by atoms with Crippen LogP contribution in [0.2, 0.25) is 0 Å². The smallest absolute Gasteiger partial charge is 0.227 e. The molecule has 10 aromatic carbocycles. The van der Waals surface area contributed by atoms with E-state index in [0.29, 0.717) is 28.9 Å². The monoisotopic (exact) mass is 831 g/mol. The molecule has 0 amide bonds. The SMILES string of the molecule is c1ccc(-n2c3ccccc3c3ccc(-c4nc(-c5ccc6ccccc6c5)nc(-c5ccc6ccc7oc8ccc9nc(-c%10ccc%11ccccc%11c%10)oc9c8c7c6c5)n4)cc32)cc1. The van der Waals surface area contributed by atoms with Gasteiger partial charge >= 0.3 is 0 Å². The van der Waals surface area contributed by atoms with Gasteiger partial charge in [0.15, 0.2) is 23.1 Å². The number of furan rings is 1. The lowest BCUT2D eigenvalue weighted by Gasteiger charge is -2.11. The molecule has 0 aliphatic carbocycles. The van der Waals surface area contributed by atoms with E-state index >= 15 is 0 Å². The van der Waals surface area contributed by atoms with Crippen molar-refractivity contribution < 1.29 is 8.83 Å². The molecule has 302 valence electrons. The van der Waals surface area contributed by atoms with Gasteiger partial charge in [-0.3, -0.25) is 0 Å². The number of hydrogen-bond acceptors (Lipinski definition) is 6. The highest BCUT2D eigenvalue weighted by molar-refractivity contribution is 6.25. The fourth-order valence-electron chi connectivity index (χ4n) is 9.70. The molecule has 0 spiro atoms. The molecule has 0 saturated carbocycles. The molecule has 65 heavy (non-hydrogen) atoms. The molecule has 0 radical (unpaired) electrons. The summed E-state index contributed by atoms with van der Waals surface area (Å²) in [5.41, 5.74) is 9.82. The number of rotatable bonds is 5. The van der Waals surface area contributed by atoms with E-state index in [2.05, 4.69) is 174 Å². The second-order valence-electron chi connectivity index (χ2n) is 16.6. The molecule has 4 heterocycles. The van der Waals surface area contributed by atoms with Crippen LogP contribution in [-0.2, 0) is 0 Å². The first-order chi connectivity index (χ1) is 32.2. The normalized spacial score (nSPS) is 12.0. The summed E-state index contributed by atoms with van der Waals surface area (Å²) in [6.07, 6.45) is 0. The predicted molar refractivity (Wildman–Crippen MR) is 263 cm³/mol. The highest BCUT2D eigenvalue weighted by Gasteiger charge is 2.21. The zero-order chi connectivity index (χ0) is 42.6.